The average Bonchev–Trinajstić information content (AvgIpc) is 2.72. The van der Waals surface area contributed by atoms with E-state index < -0.39 is 32.3 Å². The predicted molar refractivity (Wildman–Crippen MR) is 105 cm³/mol. The molecule has 0 rings (SSSR count). The molecule has 0 fully saturated rings. The second-order valence-corrected chi connectivity index (χ2v) is 4.74. The number of carbonyl (C=O) groups excluding carboxylic acids is 1. The molecule has 0 aliphatic rings. The minimum absolute atomic E-state index is 0.186. The van der Waals surface area contributed by atoms with Gasteiger partial charge < -0.3 is 4.74 Å². The van der Waals surface area contributed by atoms with Crippen LogP contribution in [0.2, 0.25) is 0 Å². The Morgan fingerprint density at radius 2 is 1.58 bits per heavy atom. The van der Waals surface area contributed by atoms with Gasteiger partial charge in [0.1, 0.15) is 0 Å². The summed E-state index contributed by atoms with van der Waals surface area (Å²) < 4.78 is 88.8. The topological polar surface area (TPSA) is 26.3 Å². The van der Waals surface area contributed by atoms with Crippen molar-refractivity contribution in [2.75, 3.05) is 6.61 Å². The lowest BCUT2D eigenvalue weighted by Gasteiger charge is -1.98. The van der Waals surface area contributed by atoms with Gasteiger partial charge in [-0.1, -0.05) is 68.2 Å². The van der Waals surface area contributed by atoms with Gasteiger partial charge in [0, 0.05) is 21.5 Å². The molecule has 0 amide bonds. The van der Waals surface area contributed by atoms with Crippen LogP contribution in [-0.4, -0.2) is 12.6 Å². The highest BCUT2D eigenvalue weighted by Gasteiger charge is 1.98. The molecule has 0 aliphatic heterocycles. The van der Waals surface area contributed by atoms with Crippen LogP contribution in [0.4, 0.5) is 0 Å². The van der Waals surface area contributed by atoms with Crippen LogP contribution in [0.3, 0.4) is 0 Å². The van der Waals surface area contributed by atoms with Crippen molar-refractivity contribution in [1.29, 1.82) is 0 Å². The highest BCUT2D eigenvalue weighted by atomic mass is 16.5. The fourth-order valence-electron chi connectivity index (χ4n) is 1.67. The van der Waals surface area contributed by atoms with E-state index in [1.807, 2.05) is 30.4 Å². The van der Waals surface area contributed by atoms with E-state index in [0.29, 0.717) is 19.4 Å². The molecule has 0 radical (unpaired) electrons. The number of rotatable bonds is 15. The summed E-state index contributed by atoms with van der Waals surface area (Å²) in [6.45, 7) is -1.31. The molecule has 0 N–H and O–H groups in total. The van der Waals surface area contributed by atoms with E-state index in [9.17, 15) is 4.79 Å². The third-order valence-electron chi connectivity index (χ3n) is 2.77. The summed E-state index contributed by atoms with van der Waals surface area (Å²) in [5, 5.41) is 0. The molecular weight excluding hydrogens is 296 g/mol. The van der Waals surface area contributed by atoms with Crippen molar-refractivity contribution in [2.24, 2.45) is 0 Å². The highest BCUT2D eigenvalue weighted by Crippen LogP contribution is 2.02. The molecule has 0 aromatic carbocycles. The standard InChI is InChI=1S/C22H36O2/c1-3-5-6-7-8-9-10-11-12-13-14-15-16-17-18-19-20-21-22(23)24-4-2/h8-9,11-12,14-15,17-18H,3-7,10,13,16,19-21H2,1-2H3/b9-8-,12-11-,15-14-,18-17-/i1D3,3D2,5D2,6D2,7D2. The molecule has 0 saturated heterocycles. The lowest BCUT2D eigenvalue weighted by molar-refractivity contribution is -0.143. The first-order valence-corrected chi connectivity index (χ1v) is 8.24. The van der Waals surface area contributed by atoms with E-state index in [0.717, 1.165) is 25.3 Å². The number of ether oxygens (including phenoxy) is 1. The SMILES string of the molecule is [2H]C([2H])([2H])C([2H])([2H])C([2H])([2H])C([2H])([2H])C([2H])([2H])/C=C\C/C=C\C/C=C\C/C=C\CCCC(=O)OCC. The second-order valence-electron chi connectivity index (χ2n) is 4.74. The second kappa shape index (κ2) is 19.5. The van der Waals surface area contributed by atoms with Crippen LogP contribution >= 0.6 is 0 Å². The Hall–Kier alpha value is -1.57. The van der Waals surface area contributed by atoms with Crippen LogP contribution in [-0.2, 0) is 9.53 Å². The van der Waals surface area contributed by atoms with Crippen LogP contribution in [0.15, 0.2) is 48.6 Å². The van der Waals surface area contributed by atoms with Crippen LogP contribution in [0.1, 0.15) is 92.9 Å². The summed E-state index contributed by atoms with van der Waals surface area (Å²) in [4.78, 5) is 11.2. The Balaban J connectivity index is 4.59. The largest absolute Gasteiger partial charge is 0.466 e. The van der Waals surface area contributed by atoms with Crippen LogP contribution in [0.25, 0.3) is 0 Å². The van der Waals surface area contributed by atoms with E-state index in [4.69, 9.17) is 19.8 Å². The van der Waals surface area contributed by atoms with Crippen LogP contribution in [0, 0.1) is 0 Å². The van der Waals surface area contributed by atoms with E-state index in [1.54, 1.807) is 13.0 Å². The molecule has 0 bridgehead atoms. The smallest absolute Gasteiger partial charge is 0.305 e. The summed E-state index contributed by atoms with van der Waals surface area (Å²) in [7, 11) is 0. The van der Waals surface area contributed by atoms with Crippen molar-refractivity contribution in [1.82, 2.24) is 0 Å². The van der Waals surface area contributed by atoms with Crippen molar-refractivity contribution >= 4 is 5.97 Å². The zero-order valence-electron chi connectivity index (χ0n) is 25.4. The van der Waals surface area contributed by atoms with Gasteiger partial charge in [0.15, 0.2) is 0 Å². The maximum absolute atomic E-state index is 11.2. The lowest BCUT2D eigenvalue weighted by atomic mass is 10.2. The van der Waals surface area contributed by atoms with Gasteiger partial charge in [-0.3, -0.25) is 4.79 Å². The molecule has 136 valence electrons. The van der Waals surface area contributed by atoms with Gasteiger partial charge in [0.25, 0.3) is 0 Å². The first-order valence-electron chi connectivity index (χ1n) is 13.7. The van der Waals surface area contributed by atoms with Gasteiger partial charge in [0.05, 0.1) is 6.61 Å². The van der Waals surface area contributed by atoms with Gasteiger partial charge in [-0.05, 0) is 51.8 Å². The minimum atomic E-state index is -3.63. The molecule has 0 saturated carbocycles. The molecule has 0 unspecified atom stereocenters. The summed E-state index contributed by atoms with van der Waals surface area (Å²) in [5.41, 5.74) is 0. The zero-order valence-corrected chi connectivity index (χ0v) is 14.4. The number of hydrogen-bond donors (Lipinski definition) is 0. The Morgan fingerprint density at radius 1 is 0.958 bits per heavy atom. The number of esters is 1. The van der Waals surface area contributed by atoms with Crippen molar-refractivity contribution < 1.29 is 24.6 Å². The Labute approximate surface area is 164 Å². The van der Waals surface area contributed by atoms with Crippen molar-refractivity contribution in [2.45, 2.75) is 77.8 Å². The normalized spacial score (nSPS) is 22.0. The average molecular weight is 344 g/mol. The van der Waals surface area contributed by atoms with Gasteiger partial charge in [-0.15, -0.1) is 0 Å². The van der Waals surface area contributed by atoms with Crippen LogP contribution < -0.4 is 0 Å². The molecule has 0 atom stereocenters. The third-order valence-corrected chi connectivity index (χ3v) is 2.77. The fourth-order valence-corrected chi connectivity index (χ4v) is 1.67. The number of carbonyl (C=O) groups is 1. The van der Waals surface area contributed by atoms with Gasteiger partial charge >= 0.3 is 5.97 Å². The number of hydrogen-bond acceptors (Lipinski definition) is 2. The van der Waals surface area contributed by atoms with Gasteiger partial charge in [0.2, 0.25) is 0 Å². The summed E-state index contributed by atoms with van der Waals surface area (Å²) >= 11 is 0. The molecule has 0 aliphatic carbocycles. The molecule has 0 spiro atoms. The van der Waals surface area contributed by atoms with Gasteiger partial charge in [-0.2, -0.15) is 0 Å². The quantitative estimate of drug-likeness (QED) is 0.188. The van der Waals surface area contributed by atoms with Crippen LogP contribution in [0.5, 0.6) is 0 Å². The third kappa shape index (κ3) is 18.5. The first kappa shape index (κ1) is 9.79. The highest BCUT2D eigenvalue weighted by molar-refractivity contribution is 5.69. The Morgan fingerprint density at radius 3 is 2.21 bits per heavy atom. The van der Waals surface area contributed by atoms with E-state index >= 15 is 0 Å². The molecule has 2 heteroatoms. The van der Waals surface area contributed by atoms with Crippen molar-refractivity contribution in [3.63, 3.8) is 0 Å². The molecule has 2 nitrogen and oxygen atoms in total. The van der Waals surface area contributed by atoms with E-state index in [2.05, 4.69) is 0 Å². The zero-order chi connectivity index (χ0) is 27.4. The molecule has 0 heterocycles. The van der Waals surface area contributed by atoms with E-state index in [1.165, 1.54) is 6.08 Å². The first-order chi connectivity index (χ1) is 16.0. The van der Waals surface area contributed by atoms with E-state index in [-0.39, 0.29) is 12.4 Å². The monoisotopic (exact) mass is 343 g/mol. The summed E-state index contributed by atoms with van der Waals surface area (Å²) in [6, 6.07) is 0. The predicted octanol–water partition coefficient (Wildman–Crippen LogP) is 6.70. The fraction of sp³-hybridized carbons (Fsp3) is 0.591. The number of unbranched alkanes of at least 4 members (excludes halogenated alkanes) is 1. The van der Waals surface area contributed by atoms with Crippen molar-refractivity contribution in [3.05, 3.63) is 48.6 Å². The van der Waals surface area contributed by atoms with Crippen molar-refractivity contribution in [3.8, 4) is 0 Å². The summed E-state index contributed by atoms with van der Waals surface area (Å²) in [6.07, 6.45) is 3.45. The maximum atomic E-state index is 11.2. The Bertz CT molecular complexity index is 764. The molecule has 24 heavy (non-hydrogen) atoms. The van der Waals surface area contributed by atoms with Gasteiger partial charge in [-0.25, -0.2) is 0 Å². The Kier molecular flexibility index (Phi) is 7.95. The molecule has 0 aromatic rings. The maximum Gasteiger partial charge on any atom is 0.305 e. The number of allylic oxidation sites excluding steroid dienone is 8. The molecule has 0 aromatic heterocycles. The molecular formula is C22H36O2. The summed E-state index contributed by atoms with van der Waals surface area (Å²) in [5.74, 6) is -0.186. The minimum Gasteiger partial charge on any atom is -0.466 e. The lowest BCUT2D eigenvalue weighted by Crippen LogP contribution is -2.02.